The maximum absolute atomic E-state index is 11.7. The standard InChI is InChI=1S/C18H34O4.C10H18O4/c1-3-5-12-16(4-2)15-22-18(21)14-11-9-7-6-8-10-13-17(19)20;11-9(12)7-5-3-1-2-4-6-8-10(13)14/h16H,3-15H2,1-2H3,(H,19,20);1-8H2,(H,11,12)(H,13,14). The van der Waals surface area contributed by atoms with Crippen molar-refractivity contribution in [1.82, 2.24) is 0 Å². The average molecular weight is 517 g/mol. The van der Waals surface area contributed by atoms with Crippen LogP contribution < -0.4 is 0 Å². The molecule has 212 valence electrons. The van der Waals surface area contributed by atoms with Crippen molar-refractivity contribution in [3.05, 3.63) is 0 Å². The van der Waals surface area contributed by atoms with Crippen molar-refractivity contribution in [2.75, 3.05) is 6.61 Å². The van der Waals surface area contributed by atoms with E-state index >= 15 is 0 Å². The van der Waals surface area contributed by atoms with Gasteiger partial charge in [-0.2, -0.15) is 0 Å². The Hall–Kier alpha value is -2.12. The third-order valence-corrected chi connectivity index (χ3v) is 6.08. The van der Waals surface area contributed by atoms with E-state index in [0.717, 1.165) is 89.9 Å². The van der Waals surface area contributed by atoms with Crippen LogP contribution >= 0.6 is 0 Å². The van der Waals surface area contributed by atoms with Gasteiger partial charge in [0.25, 0.3) is 0 Å². The molecule has 1 atom stereocenters. The Morgan fingerprint density at radius 3 is 1.25 bits per heavy atom. The maximum atomic E-state index is 11.7. The summed E-state index contributed by atoms with van der Waals surface area (Å²) < 4.78 is 5.36. The second-order valence-electron chi connectivity index (χ2n) is 9.52. The lowest BCUT2D eigenvalue weighted by molar-refractivity contribution is -0.145. The zero-order chi connectivity index (χ0) is 27.4. The second kappa shape index (κ2) is 27.5. The second-order valence-corrected chi connectivity index (χ2v) is 9.52. The summed E-state index contributed by atoms with van der Waals surface area (Å²) in [5.41, 5.74) is 0. The third kappa shape index (κ3) is 31.9. The third-order valence-electron chi connectivity index (χ3n) is 6.08. The number of esters is 1. The average Bonchev–Trinajstić information content (AvgIpc) is 2.82. The molecular weight excluding hydrogens is 464 g/mol. The minimum atomic E-state index is -0.740. The lowest BCUT2D eigenvalue weighted by Gasteiger charge is -2.14. The first-order valence-corrected chi connectivity index (χ1v) is 14.0. The van der Waals surface area contributed by atoms with Gasteiger partial charge in [-0.25, -0.2) is 0 Å². The Bertz CT molecular complexity index is 542. The highest BCUT2D eigenvalue weighted by molar-refractivity contribution is 5.69. The number of carbonyl (C=O) groups excluding carboxylic acids is 1. The minimum absolute atomic E-state index is 0.0687. The van der Waals surface area contributed by atoms with Gasteiger partial charge in [-0.05, 0) is 38.0 Å². The first-order valence-electron chi connectivity index (χ1n) is 14.0. The monoisotopic (exact) mass is 516 g/mol. The zero-order valence-electron chi connectivity index (χ0n) is 22.8. The molecule has 8 nitrogen and oxygen atoms in total. The Balaban J connectivity index is 0. The predicted molar refractivity (Wildman–Crippen MR) is 141 cm³/mol. The number of carboxylic acids is 3. The lowest BCUT2D eigenvalue weighted by atomic mass is 10.0. The van der Waals surface area contributed by atoms with Crippen molar-refractivity contribution in [2.45, 2.75) is 142 Å². The largest absolute Gasteiger partial charge is 0.481 e. The zero-order valence-corrected chi connectivity index (χ0v) is 22.8. The molecule has 8 heteroatoms. The van der Waals surface area contributed by atoms with Crippen LogP contribution in [0.5, 0.6) is 0 Å². The van der Waals surface area contributed by atoms with Crippen LogP contribution in [0.1, 0.15) is 142 Å². The summed E-state index contributed by atoms with van der Waals surface area (Å²) in [5, 5.41) is 25.2. The van der Waals surface area contributed by atoms with Gasteiger partial charge in [0, 0.05) is 25.7 Å². The van der Waals surface area contributed by atoms with Crippen LogP contribution in [0.25, 0.3) is 0 Å². The number of aliphatic carboxylic acids is 3. The van der Waals surface area contributed by atoms with Crippen LogP contribution in [0.4, 0.5) is 0 Å². The van der Waals surface area contributed by atoms with E-state index in [-0.39, 0.29) is 25.2 Å². The Morgan fingerprint density at radius 2 is 0.917 bits per heavy atom. The molecule has 0 aromatic heterocycles. The highest BCUT2D eigenvalue weighted by Gasteiger charge is 2.09. The highest BCUT2D eigenvalue weighted by Crippen LogP contribution is 2.14. The number of rotatable bonds is 24. The molecule has 0 saturated carbocycles. The summed E-state index contributed by atoms with van der Waals surface area (Å²) >= 11 is 0. The van der Waals surface area contributed by atoms with E-state index in [1.807, 2.05) is 0 Å². The molecule has 0 rings (SSSR count). The van der Waals surface area contributed by atoms with Gasteiger partial charge in [-0.1, -0.05) is 84.5 Å². The van der Waals surface area contributed by atoms with Crippen molar-refractivity contribution >= 4 is 23.9 Å². The summed E-state index contributed by atoms with van der Waals surface area (Å²) in [5.74, 6) is -1.75. The van der Waals surface area contributed by atoms with E-state index < -0.39 is 17.9 Å². The van der Waals surface area contributed by atoms with Crippen molar-refractivity contribution in [2.24, 2.45) is 5.92 Å². The van der Waals surface area contributed by atoms with Gasteiger partial charge in [0.1, 0.15) is 0 Å². The van der Waals surface area contributed by atoms with Crippen molar-refractivity contribution in [3.8, 4) is 0 Å². The molecule has 3 N–H and O–H groups in total. The van der Waals surface area contributed by atoms with E-state index in [1.54, 1.807) is 0 Å². The van der Waals surface area contributed by atoms with Crippen molar-refractivity contribution in [1.29, 1.82) is 0 Å². The van der Waals surface area contributed by atoms with E-state index in [9.17, 15) is 19.2 Å². The Kier molecular flexibility index (Phi) is 27.5. The molecule has 0 amide bonds. The SMILES string of the molecule is CCCCC(CC)COC(=O)CCCCCCCCC(=O)O.O=C(O)CCCCCCCCC(=O)O. The minimum Gasteiger partial charge on any atom is -0.481 e. The molecule has 0 bridgehead atoms. The molecule has 0 spiro atoms. The molecule has 0 aliphatic rings. The van der Waals surface area contributed by atoms with Crippen LogP contribution in [0.3, 0.4) is 0 Å². The Morgan fingerprint density at radius 1 is 0.556 bits per heavy atom. The quantitative estimate of drug-likeness (QED) is 0.0902. The molecule has 0 radical (unpaired) electrons. The van der Waals surface area contributed by atoms with Crippen LogP contribution in [0.2, 0.25) is 0 Å². The summed E-state index contributed by atoms with van der Waals surface area (Å²) in [6.07, 6.45) is 17.0. The molecule has 0 heterocycles. The van der Waals surface area contributed by atoms with Gasteiger partial charge in [0.2, 0.25) is 0 Å². The first kappa shape index (κ1) is 36.0. The molecule has 1 unspecified atom stereocenters. The molecule has 0 aromatic carbocycles. The first-order chi connectivity index (χ1) is 17.2. The number of carbonyl (C=O) groups is 4. The Labute approximate surface area is 218 Å². The molecule has 36 heavy (non-hydrogen) atoms. The van der Waals surface area contributed by atoms with Gasteiger partial charge < -0.3 is 20.1 Å². The lowest BCUT2D eigenvalue weighted by Crippen LogP contribution is -2.13. The number of hydrogen-bond acceptors (Lipinski definition) is 5. The highest BCUT2D eigenvalue weighted by atomic mass is 16.5. The fourth-order valence-corrected chi connectivity index (χ4v) is 3.69. The van der Waals surface area contributed by atoms with E-state index in [1.165, 1.54) is 12.8 Å². The molecular formula is C28H52O8. The summed E-state index contributed by atoms with van der Waals surface area (Å²) in [7, 11) is 0. The van der Waals surface area contributed by atoms with Crippen molar-refractivity contribution in [3.63, 3.8) is 0 Å². The number of carboxylic acid groups (broad SMARTS) is 3. The molecule has 0 aliphatic heterocycles. The maximum Gasteiger partial charge on any atom is 0.305 e. The van der Waals surface area contributed by atoms with E-state index in [4.69, 9.17) is 20.1 Å². The number of unbranched alkanes of at least 4 members (excludes halogenated alkanes) is 11. The van der Waals surface area contributed by atoms with Gasteiger partial charge >= 0.3 is 23.9 Å². The molecule has 0 aliphatic carbocycles. The van der Waals surface area contributed by atoms with Gasteiger partial charge in [-0.3, -0.25) is 19.2 Å². The smallest absolute Gasteiger partial charge is 0.305 e. The summed E-state index contributed by atoms with van der Waals surface area (Å²) in [6.45, 7) is 4.91. The molecule has 0 aromatic rings. The van der Waals surface area contributed by atoms with Gasteiger partial charge in [0.05, 0.1) is 6.61 Å². The van der Waals surface area contributed by atoms with Gasteiger partial charge in [0.15, 0.2) is 0 Å². The fraction of sp³-hybridized carbons (Fsp3) is 0.857. The van der Waals surface area contributed by atoms with Crippen LogP contribution in [0, 0.1) is 5.92 Å². The normalized spacial score (nSPS) is 11.3. The summed E-state index contributed by atoms with van der Waals surface area (Å²) in [6, 6.07) is 0. The molecule has 0 fully saturated rings. The van der Waals surface area contributed by atoms with E-state index in [2.05, 4.69) is 13.8 Å². The number of ether oxygens (including phenoxy) is 1. The summed E-state index contributed by atoms with van der Waals surface area (Å²) in [4.78, 5) is 42.3. The van der Waals surface area contributed by atoms with Gasteiger partial charge in [-0.15, -0.1) is 0 Å². The van der Waals surface area contributed by atoms with Crippen molar-refractivity contribution < 1.29 is 39.2 Å². The van der Waals surface area contributed by atoms with E-state index in [0.29, 0.717) is 18.9 Å². The fourth-order valence-electron chi connectivity index (χ4n) is 3.69. The molecule has 0 saturated heterocycles. The number of hydrogen-bond donors (Lipinski definition) is 3. The predicted octanol–water partition coefficient (Wildman–Crippen LogP) is 7.23. The van der Waals surface area contributed by atoms with Crippen LogP contribution in [0.15, 0.2) is 0 Å². The van der Waals surface area contributed by atoms with Crippen LogP contribution in [-0.4, -0.2) is 45.8 Å². The topological polar surface area (TPSA) is 138 Å². The van der Waals surface area contributed by atoms with Crippen LogP contribution in [-0.2, 0) is 23.9 Å².